The molecule has 116 valence electrons. The minimum atomic E-state index is -0.417. The van der Waals surface area contributed by atoms with E-state index in [4.69, 9.17) is 0 Å². The molecule has 3 heteroatoms. The fourth-order valence-electron chi connectivity index (χ4n) is 3.03. The fraction of sp³-hybridized carbons (Fsp3) is 0. The van der Waals surface area contributed by atoms with Crippen molar-refractivity contribution in [1.29, 1.82) is 0 Å². The Labute approximate surface area is 138 Å². The lowest BCUT2D eigenvalue weighted by atomic mass is 9.94. The van der Waals surface area contributed by atoms with E-state index in [-0.39, 0.29) is 5.56 Å². The number of nitrogens with one attached hydrogen (secondary N) is 1. The normalized spacial score (nSPS) is 10.9. The molecule has 0 aliphatic rings. The average molecular weight is 315 g/mol. The molecule has 2 nitrogen and oxygen atoms in total. The van der Waals surface area contributed by atoms with Gasteiger partial charge in [0.05, 0.1) is 11.1 Å². The highest BCUT2D eigenvalue weighted by atomic mass is 19.1. The van der Waals surface area contributed by atoms with Gasteiger partial charge in [0.25, 0.3) is 5.56 Å². The van der Waals surface area contributed by atoms with Crippen LogP contribution in [0.5, 0.6) is 0 Å². The Bertz CT molecular complexity index is 1070. The highest BCUT2D eigenvalue weighted by Gasteiger charge is 2.15. The second kappa shape index (κ2) is 5.78. The van der Waals surface area contributed by atoms with Crippen LogP contribution in [0.4, 0.5) is 4.39 Å². The summed E-state index contributed by atoms with van der Waals surface area (Å²) in [7, 11) is 0. The van der Waals surface area contributed by atoms with Crippen LogP contribution in [0.2, 0.25) is 0 Å². The van der Waals surface area contributed by atoms with Crippen LogP contribution < -0.4 is 5.56 Å². The highest BCUT2D eigenvalue weighted by Crippen LogP contribution is 2.35. The molecular weight excluding hydrogens is 301 g/mol. The number of halogens is 1. The summed E-state index contributed by atoms with van der Waals surface area (Å²) in [5, 5.41) is 1.10. The molecule has 0 radical (unpaired) electrons. The van der Waals surface area contributed by atoms with Gasteiger partial charge in [-0.1, -0.05) is 66.7 Å². The van der Waals surface area contributed by atoms with Gasteiger partial charge in [-0.2, -0.15) is 0 Å². The quantitative estimate of drug-likeness (QED) is 0.554. The fourth-order valence-corrected chi connectivity index (χ4v) is 3.03. The molecule has 0 saturated heterocycles. The lowest BCUT2D eigenvalue weighted by Crippen LogP contribution is -2.09. The highest BCUT2D eigenvalue weighted by molar-refractivity contribution is 6.02. The molecule has 0 atom stereocenters. The second-order valence-corrected chi connectivity index (χ2v) is 5.63. The van der Waals surface area contributed by atoms with E-state index in [1.165, 1.54) is 12.1 Å². The van der Waals surface area contributed by atoms with Crippen molar-refractivity contribution in [3.8, 4) is 22.4 Å². The van der Waals surface area contributed by atoms with Crippen molar-refractivity contribution >= 4 is 10.8 Å². The van der Waals surface area contributed by atoms with E-state index in [2.05, 4.69) is 4.98 Å². The molecule has 0 aliphatic carbocycles. The number of pyridine rings is 1. The zero-order valence-electron chi connectivity index (χ0n) is 12.8. The van der Waals surface area contributed by atoms with Crippen LogP contribution in [0.1, 0.15) is 0 Å². The molecular formula is C21H14FNO. The molecule has 4 aromatic rings. The van der Waals surface area contributed by atoms with Crippen LogP contribution in [-0.2, 0) is 0 Å². The summed E-state index contributed by atoms with van der Waals surface area (Å²) >= 11 is 0. The van der Waals surface area contributed by atoms with Crippen LogP contribution in [0.3, 0.4) is 0 Å². The largest absolute Gasteiger partial charge is 0.321 e. The topological polar surface area (TPSA) is 32.9 Å². The molecule has 24 heavy (non-hydrogen) atoms. The van der Waals surface area contributed by atoms with Crippen LogP contribution >= 0.6 is 0 Å². The summed E-state index contributed by atoms with van der Waals surface area (Å²) in [5.41, 5.74) is 3.24. The van der Waals surface area contributed by atoms with Gasteiger partial charge in [-0.25, -0.2) is 4.39 Å². The summed E-state index contributed by atoms with van der Waals surface area (Å²) in [6.07, 6.45) is 0. The van der Waals surface area contributed by atoms with E-state index in [0.717, 1.165) is 27.8 Å². The predicted octanol–water partition coefficient (Wildman–Crippen LogP) is 5.00. The number of aromatic nitrogens is 1. The van der Waals surface area contributed by atoms with Gasteiger partial charge in [0.2, 0.25) is 0 Å². The van der Waals surface area contributed by atoms with Gasteiger partial charge in [0.1, 0.15) is 5.82 Å². The first-order valence-electron chi connectivity index (χ1n) is 7.70. The number of benzene rings is 3. The maximum atomic E-state index is 13.6. The Morgan fingerprint density at radius 3 is 2.00 bits per heavy atom. The van der Waals surface area contributed by atoms with E-state index in [1.54, 1.807) is 6.07 Å². The number of hydrogen-bond acceptors (Lipinski definition) is 1. The second-order valence-electron chi connectivity index (χ2n) is 5.63. The van der Waals surface area contributed by atoms with Crippen LogP contribution in [0.25, 0.3) is 33.2 Å². The molecule has 0 fully saturated rings. The zero-order chi connectivity index (χ0) is 16.5. The minimum absolute atomic E-state index is 0.289. The third kappa shape index (κ3) is 2.40. The Morgan fingerprint density at radius 1 is 0.708 bits per heavy atom. The van der Waals surface area contributed by atoms with E-state index >= 15 is 0 Å². The third-order valence-electron chi connectivity index (χ3n) is 4.11. The van der Waals surface area contributed by atoms with Crippen LogP contribution in [0, 0.1) is 5.82 Å². The molecule has 0 aliphatic heterocycles. The molecule has 0 bridgehead atoms. The first-order chi connectivity index (χ1) is 11.7. The molecule has 0 saturated carbocycles. The van der Waals surface area contributed by atoms with Gasteiger partial charge >= 0.3 is 0 Å². The zero-order valence-corrected chi connectivity index (χ0v) is 12.8. The van der Waals surface area contributed by atoms with Crippen molar-refractivity contribution in [3.63, 3.8) is 0 Å². The number of hydrogen-bond donors (Lipinski definition) is 1. The van der Waals surface area contributed by atoms with Crippen molar-refractivity contribution in [2.75, 3.05) is 0 Å². The maximum Gasteiger partial charge on any atom is 0.256 e. The first-order valence-corrected chi connectivity index (χ1v) is 7.70. The van der Waals surface area contributed by atoms with Gasteiger partial charge in [-0.3, -0.25) is 4.79 Å². The lowest BCUT2D eigenvalue weighted by molar-refractivity contribution is 0.629. The third-order valence-corrected chi connectivity index (χ3v) is 4.11. The molecule has 1 N–H and O–H groups in total. The smallest absolute Gasteiger partial charge is 0.256 e. The van der Waals surface area contributed by atoms with Crippen LogP contribution in [-0.4, -0.2) is 4.98 Å². The molecule has 1 heterocycles. The molecule has 3 aromatic carbocycles. The molecule has 4 rings (SSSR count). The summed E-state index contributed by atoms with van der Waals surface area (Å²) in [4.78, 5) is 15.4. The monoisotopic (exact) mass is 315 g/mol. The summed E-state index contributed by atoms with van der Waals surface area (Å²) in [6, 6.07) is 23.9. The first kappa shape index (κ1) is 14.4. The Hall–Kier alpha value is -3.20. The standard InChI is InChI=1S/C21H14FNO/c22-16-11-12-17-18(13-16)21(24)23-20(15-9-5-2-6-10-15)19(17)14-7-3-1-4-8-14/h1-13H,(H,23,24). The average Bonchev–Trinajstić information content (AvgIpc) is 2.63. The Kier molecular flexibility index (Phi) is 3.47. The van der Waals surface area contributed by atoms with E-state index in [9.17, 15) is 9.18 Å². The Morgan fingerprint density at radius 2 is 1.33 bits per heavy atom. The summed E-state index contributed by atoms with van der Waals surface area (Å²) in [6.45, 7) is 0. The van der Waals surface area contributed by atoms with E-state index in [1.807, 2.05) is 60.7 Å². The van der Waals surface area contributed by atoms with Crippen molar-refractivity contribution in [1.82, 2.24) is 4.98 Å². The van der Waals surface area contributed by atoms with Crippen molar-refractivity contribution in [2.24, 2.45) is 0 Å². The summed E-state index contributed by atoms with van der Waals surface area (Å²) < 4.78 is 13.6. The van der Waals surface area contributed by atoms with Gasteiger partial charge in [0.15, 0.2) is 0 Å². The van der Waals surface area contributed by atoms with E-state index in [0.29, 0.717) is 5.39 Å². The van der Waals surface area contributed by atoms with Gasteiger partial charge in [0, 0.05) is 5.56 Å². The SMILES string of the molecule is O=c1[nH]c(-c2ccccc2)c(-c2ccccc2)c2ccc(F)cc12. The number of fused-ring (bicyclic) bond motifs is 1. The van der Waals surface area contributed by atoms with Gasteiger partial charge in [-0.05, 0) is 28.6 Å². The lowest BCUT2D eigenvalue weighted by Gasteiger charge is -2.13. The minimum Gasteiger partial charge on any atom is -0.321 e. The molecule has 0 spiro atoms. The van der Waals surface area contributed by atoms with Crippen molar-refractivity contribution in [2.45, 2.75) is 0 Å². The molecule has 1 aromatic heterocycles. The van der Waals surface area contributed by atoms with Gasteiger partial charge < -0.3 is 4.98 Å². The predicted molar refractivity (Wildman–Crippen MR) is 95.4 cm³/mol. The molecule has 0 unspecified atom stereocenters. The maximum absolute atomic E-state index is 13.6. The van der Waals surface area contributed by atoms with Gasteiger partial charge in [-0.15, -0.1) is 0 Å². The van der Waals surface area contributed by atoms with E-state index < -0.39 is 5.82 Å². The Balaban J connectivity index is 2.16. The molecule has 0 amide bonds. The number of H-pyrrole nitrogens is 1. The number of aromatic amines is 1. The summed E-state index contributed by atoms with van der Waals surface area (Å²) in [5.74, 6) is -0.417. The van der Waals surface area contributed by atoms with Crippen molar-refractivity contribution < 1.29 is 4.39 Å². The van der Waals surface area contributed by atoms with Crippen molar-refractivity contribution in [3.05, 3.63) is 95.0 Å². The number of rotatable bonds is 2. The van der Waals surface area contributed by atoms with Crippen LogP contribution in [0.15, 0.2) is 83.7 Å².